The first-order chi connectivity index (χ1) is 11.9. The minimum atomic E-state index is -1.02. The quantitative estimate of drug-likeness (QED) is 0.717. The van der Waals surface area contributed by atoms with Gasteiger partial charge in [-0.2, -0.15) is 0 Å². The zero-order chi connectivity index (χ0) is 18.1. The van der Waals surface area contributed by atoms with Crippen molar-refractivity contribution in [3.05, 3.63) is 87.7 Å². The van der Waals surface area contributed by atoms with E-state index in [0.717, 1.165) is 22.8 Å². The average Bonchev–Trinajstić information content (AvgIpc) is 2.56. The van der Waals surface area contributed by atoms with Gasteiger partial charge in [0.15, 0.2) is 5.78 Å². The number of phenols is 1. The van der Waals surface area contributed by atoms with E-state index in [1.54, 1.807) is 0 Å². The number of nitrogens with zero attached hydrogens (tertiary/aromatic N) is 1. The molecule has 1 heterocycles. The first-order valence-electron chi connectivity index (χ1n) is 7.19. The zero-order valence-electron chi connectivity index (χ0n) is 12.7. The summed E-state index contributed by atoms with van der Waals surface area (Å²) in [7, 11) is 0. The van der Waals surface area contributed by atoms with Crippen LogP contribution in [0.3, 0.4) is 0 Å². The van der Waals surface area contributed by atoms with Gasteiger partial charge in [-0.3, -0.25) is 14.2 Å². The van der Waals surface area contributed by atoms with E-state index in [1.807, 2.05) is 0 Å². The fraction of sp³-hybridized carbons (Fsp3) is 0. The van der Waals surface area contributed by atoms with Gasteiger partial charge in [0, 0.05) is 12.1 Å². The van der Waals surface area contributed by atoms with Crippen molar-refractivity contribution in [1.82, 2.24) is 4.57 Å². The molecule has 3 N–H and O–H groups in total. The van der Waals surface area contributed by atoms with Crippen LogP contribution in [0, 0.1) is 11.6 Å². The lowest BCUT2D eigenvalue weighted by Gasteiger charge is -2.13. The summed E-state index contributed by atoms with van der Waals surface area (Å²) in [5, 5.41) is 9.34. The number of benzene rings is 2. The molecule has 0 amide bonds. The van der Waals surface area contributed by atoms with Gasteiger partial charge in [0.25, 0.3) is 5.56 Å². The third-order valence-corrected chi connectivity index (χ3v) is 3.66. The SMILES string of the molecule is Nc1c(C(=O)c2ccc(F)cc2F)ccc(=O)n1-c1ccc(O)cc1. The van der Waals surface area contributed by atoms with Crippen molar-refractivity contribution < 1.29 is 18.7 Å². The van der Waals surface area contributed by atoms with Crippen molar-refractivity contribution in [1.29, 1.82) is 0 Å². The monoisotopic (exact) mass is 342 g/mol. The number of ketones is 1. The maximum absolute atomic E-state index is 13.9. The van der Waals surface area contributed by atoms with Crippen molar-refractivity contribution >= 4 is 11.6 Å². The summed E-state index contributed by atoms with van der Waals surface area (Å²) in [5.74, 6) is -2.80. The van der Waals surface area contributed by atoms with Crippen LogP contribution in [0.1, 0.15) is 15.9 Å². The van der Waals surface area contributed by atoms with Gasteiger partial charge in [0.05, 0.1) is 16.8 Å². The number of rotatable bonds is 3. The molecule has 3 rings (SSSR count). The highest BCUT2D eigenvalue weighted by Gasteiger charge is 2.20. The smallest absolute Gasteiger partial charge is 0.256 e. The summed E-state index contributed by atoms with van der Waals surface area (Å²) in [6, 6.07) is 10.5. The summed E-state index contributed by atoms with van der Waals surface area (Å²) in [6.07, 6.45) is 0. The maximum atomic E-state index is 13.9. The first-order valence-corrected chi connectivity index (χ1v) is 7.19. The number of hydrogen-bond acceptors (Lipinski definition) is 4. The molecule has 0 aliphatic heterocycles. The second kappa shape index (κ2) is 6.20. The van der Waals surface area contributed by atoms with Crippen LogP contribution in [0.2, 0.25) is 0 Å². The molecule has 0 saturated carbocycles. The van der Waals surface area contributed by atoms with Crippen LogP contribution in [0.15, 0.2) is 59.4 Å². The summed E-state index contributed by atoms with van der Waals surface area (Å²) >= 11 is 0. The number of aromatic hydroxyl groups is 1. The fourth-order valence-corrected chi connectivity index (χ4v) is 2.43. The summed E-state index contributed by atoms with van der Waals surface area (Å²) in [4.78, 5) is 24.7. The van der Waals surface area contributed by atoms with Gasteiger partial charge in [-0.15, -0.1) is 0 Å². The second-order valence-electron chi connectivity index (χ2n) is 5.28. The number of carbonyl (C=O) groups is 1. The van der Waals surface area contributed by atoms with Crippen LogP contribution in [0.5, 0.6) is 5.75 Å². The van der Waals surface area contributed by atoms with Crippen molar-refractivity contribution in [3.8, 4) is 11.4 Å². The molecule has 25 heavy (non-hydrogen) atoms. The van der Waals surface area contributed by atoms with Crippen LogP contribution in [0.25, 0.3) is 5.69 Å². The minimum Gasteiger partial charge on any atom is -0.508 e. The summed E-state index contributed by atoms with van der Waals surface area (Å²) in [5.41, 5.74) is 5.33. The molecular weight excluding hydrogens is 330 g/mol. The number of hydrogen-bond donors (Lipinski definition) is 2. The molecule has 0 aliphatic carbocycles. The number of aromatic nitrogens is 1. The average molecular weight is 342 g/mol. The molecule has 126 valence electrons. The lowest BCUT2D eigenvalue weighted by atomic mass is 10.0. The molecule has 3 aromatic rings. The van der Waals surface area contributed by atoms with E-state index in [0.29, 0.717) is 11.8 Å². The number of carbonyl (C=O) groups excluding carboxylic acids is 1. The third kappa shape index (κ3) is 2.99. The molecule has 0 atom stereocenters. The van der Waals surface area contributed by atoms with E-state index in [2.05, 4.69) is 0 Å². The predicted octanol–water partition coefficient (Wildman–Crippen LogP) is 2.63. The number of anilines is 1. The van der Waals surface area contributed by atoms with Crippen molar-refractivity contribution in [2.45, 2.75) is 0 Å². The highest BCUT2D eigenvalue weighted by atomic mass is 19.1. The molecule has 0 unspecified atom stereocenters. The molecule has 0 aliphatic rings. The molecule has 0 saturated heterocycles. The number of halogens is 2. The number of phenolic OH excluding ortho intramolecular Hbond substituents is 1. The molecule has 7 heteroatoms. The van der Waals surface area contributed by atoms with Crippen molar-refractivity contribution in [3.63, 3.8) is 0 Å². The van der Waals surface area contributed by atoms with E-state index in [1.165, 1.54) is 30.3 Å². The Bertz CT molecular complexity index is 1030. The molecule has 0 bridgehead atoms. The highest BCUT2D eigenvalue weighted by molar-refractivity contribution is 6.11. The molecular formula is C18H12F2N2O3. The Morgan fingerprint density at radius 1 is 0.960 bits per heavy atom. The van der Waals surface area contributed by atoms with Gasteiger partial charge in [-0.1, -0.05) is 0 Å². The maximum Gasteiger partial charge on any atom is 0.256 e. The van der Waals surface area contributed by atoms with Crippen LogP contribution in [-0.2, 0) is 0 Å². The second-order valence-corrected chi connectivity index (χ2v) is 5.28. The standard InChI is InChI=1S/C18H12F2N2O3/c19-10-1-6-13(15(20)9-10)17(25)14-7-8-16(24)22(18(14)21)11-2-4-12(23)5-3-11/h1-9,23H,21H2. The summed E-state index contributed by atoms with van der Waals surface area (Å²) < 4.78 is 28.0. The minimum absolute atomic E-state index is 0.00372. The normalized spacial score (nSPS) is 10.6. The van der Waals surface area contributed by atoms with E-state index in [9.17, 15) is 23.5 Å². The van der Waals surface area contributed by atoms with Gasteiger partial charge in [0.2, 0.25) is 0 Å². The van der Waals surface area contributed by atoms with Gasteiger partial charge in [-0.05, 0) is 42.5 Å². The number of nitrogens with two attached hydrogens (primary N) is 1. The highest BCUT2D eigenvalue weighted by Crippen LogP contribution is 2.21. The van der Waals surface area contributed by atoms with E-state index < -0.39 is 23.0 Å². The Morgan fingerprint density at radius 2 is 1.60 bits per heavy atom. The Morgan fingerprint density at radius 3 is 2.24 bits per heavy atom. The van der Waals surface area contributed by atoms with Crippen molar-refractivity contribution in [2.75, 3.05) is 5.73 Å². The number of pyridine rings is 1. The molecule has 0 spiro atoms. The molecule has 2 aromatic carbocycles. The Labute approximate surface area is 140 Å². The first kappa shape index (κ1) is 16.4. The molecule has 1 aromatic heterocycles. The lowest BCUT2D eigenvalue weighted by Crippen LogP contribution is -2.23. The largest absolute Gasteiger partial charge is 0.508 e. The third-order valence-electron chi connectivity index (χ3n) is 3.66. The van der Waals surface area contributed by atoms with Crippen molar-refractivity contribution in [2.24, 2.45) is 0 Å². The van der Waals surface area contributed by atoms with Gasteiger partial charge >= 0.3 is 0 Å². The molecule has 0 fully saturated rings. The van der Waals surface area contributed by atoms with Crippen LogP contribution in [-0.4, -0.2) is 15.5 Å². The number of nitrogen functional groups attached to an aromatic ring is 1. The fourth-order valence-electron chi connectivity index (χ4n) is 2.43. The Balaban J connectivity index is 2.15. The van der Waals surface area contributed by atoms with Gasteiger partial charge in [0.1, 0.15) is 23.2 Å². The lowest BCUT2D eigenvalue weighted by molar-refractivity contribution is 0.103. The topological polar surface area (TPSA) is 85.3 Å². The molecule has 0 radical (unpaired) electrons. The summed E-state index contributed by atoms with van der Waals surface area (Å²) in [6.45, 7) is 0. The Kier molecular flexibility index (Phi) is 4.06. The van der Waals surface area contributed by atoms with Gasteiger partial charge < -0.3 is 10.8 Å². The van der Waals surface area contributed by atoms with Gasteiger partial charge in [-0.25, -0.2) is 8.78 Å². The Hall–Kier alpha value is -3.48. The van der Waals surface area contributed by atoms with E-state index >= 15 is 0 Å². The van der Waals surface area contributed by atoms with Crippen LogP contribution in [0.4, 0.5) is 14.6 Å². The van der Waals surface area contributed by atoms with Crippen LogP contribution >= 0.6 is 0 Å². The molecule has 5 nitrogen and oxygen atoms in total. The van der Waals surface area contributed by atoms with Crippen LogP contribution < -0.4 is 11.3 Å². The predicted molar refractivity (Wildman–Crippen MR) is 87.9 cm³/mol. The zero-order valence-corrected chi connectivity index (χ0v) is 12.7. The van der Waals surface area contributed by atoms with E-state index in [4.69, 9.17) is 5.73 Å². The van der Waals surface area contributed by atoms with E-state index in [-0.39, 0.29) is 22.7 Å².